The van der Waals surface area contributed by atoms with Gasteiger partial charge >= 0.3 is 0 Å². The number of benzene rings is 1. The van der Waals surface area contributed by atoms with Gasteiger partial charge in [-0.25, -0.2) is 0 Å². The molecule has 156 valence electrons. The first-order valence-electron chi connectivity index (χ1n) is 11.9. The van der Waals surface area contributed by atoms with Crippen molar-refractivity contribution in [2.24, 2.45) is 5.92 Å². The second-order valence-corrected chi connectivity index (χ2v) is 8.60. The maximum atomic E-state index is 9.86. The van der Waals surface area contributed by atoms with Gasteiger partial charge in [0.2, 0.25) is 0 Å². The van der Waals surface area contributed by atoms with Crippen molar-refractivity contribution < 1.29 is 5.11 Å². The van der Waals surface area contributed by atoms with Crippen LogP contribution in [0, 0.1) is 5.92 Å². The zero-order valence-electron chi connectivity index (χ0n) is 18.7. The van der Waals surface area contributed by atoms with Gasteiger partial charge in [-0.1, -0.05) is 104 Å². The van der Waals surface area contributed by atoms with Gasteiger partial charge in [0.05, 0.1) is 0 Å². The van der Waals surface area contributed by atoms with Crippen LogP contribution in [0.2, 0.25) is 0 Å². The van der Waals surface area contributed by atoms with Crippen molar-refractivity contribution in [3.8, 4) is 5.75 Å². The Hall–Kier alpha value is -0.980. The molecule has 0 heterocycles. The first kappa shape index (κ1) is 24.1. The van der Waals surface area contributed by atoms with Gasteiger partial charge in [0.1, 0.15) is 5.75 Å². The quantitative estimate of drug-likeness (QED) is 0.287. The number of rotatable bonds is 16. The summed E-state index contributed by atoms with van der Waals surface area (Å²) >= 11 is 0. The van der Waals surface area contributed by atoms with Gasteiger partial charge in [-0.3, -0.25) is 0 Å². The standard InChI is InChI=1S/C26H46O/c1-5-9-13-14-16-23(15-10-6-2)26(21-11-7-3,22-12-8-4)24-17-19-25(27)20-18-24/h17-20,23,27H,5-16,21-22H2,1-4H3. The van der Waals surface area contributed by atoms with Crippen molar-refractivity contribution in [1.82, 2.24) is 0 Å². The van der Waals surface area contributed by atoms with Gasteiger partial charge in [0.25, 0.3) is 0 Å². The highest BCUT2D eigenvalue weighted by molar-refractivity contribution is 5.32. The summed E-state index contributed by atoms with van der Waals surface area (Å²) in [5, 5.41) is 9.86. The maximum Gasteiger partial charge on any atom is 0.115 e. The van der Waals surface area contributed by atoms with E-state index in [0.29, 0.717) is 11.2 Å². The van der Waals surface area contributed by atoms with Gasteiger partial charge in [-0.15, -0.1) is 0 Å². The van der Waals surface area contributed by atoms with Crippen LogP contribution in [0.15, 0.2) is 24.3 Å². The summed E-state index contributed by atoms with van der Waals surface area (Å²) < 4.78 is 0. The molecule has 0 bridgehead atoms. The summed E-state index contributed by atoms with van der Waals surface area (Å²) in [4.78, 5) is 0. The van der Waals surface area contributed by atoms with Crippen LogP contribution >= 0.6 is 0 Å². The third kappa shape index (κ3) is 7.88. The van der Waals surface area contributed by atoms with E-state index >= 15 is 0 Å². The van der Waals surface area contributed by atoms with Crippen LogP contribution in [0.5, 0.6) is 5.75 Å². The molecule has 1 N–H and O–H groups in total. The molecule has 1 heteroatoms. The molecule has 0 aromatic heterocycles. The van der Waals surface area contributed by atoms with Crippen LogP contribution in [-0.2, 0) is 5.41 Å². The Kier molecular flexibility index (Phi) is 12.5. The molecule has 1 aromatic carbocycles. The Labute approximate surface area is 170 Å². The van der Waals surface area contributed by atoms with Gasteiger partial charge in [-0.2, -0.15) is 0 Å². The van der Waals surface area contributed by atoms with Crippen molar-refractivity contribution in [2.45, 2.75) is 123 Å². The average Bonchev–Trinajstić information content (AvgIpc) is 2.69. The molecule has 0 radical (unpaired) electrons. The van der Waals surface area contributed by atoms with E-state index in [2.05, 4.69) is 39.8 Å². The molecule has 1 unspecified atom stereocenters. The molecule has 0 saturated heterocycles. The third-order valence-corrected chi connectivity index (χ3v) is 6.49. The molecule has 27 heavy (non-hydrogen) atoms. The molecule has 1 nitrogen and oxygen atoms in total. The highest BCUT2D eigenvalue weighted by Gasteiger charge is 2.38. The molecule has 1 aromatic rings. The summed E-state index contributed by atoms with van der Waals surface area (Å²) in [5.74, 6) is 1.17. The lowest BCUT2D eigenvalue weighted by Crippen LogP contribution is -2.36. The van der Waals surface area contributed by atoms with E-state index < -0.39 is 0 Å². The van der Waals surface area contributed by atoms with Crippen molar-refractivity contribution >= 4 is 0 Å². The Morgan fingerprint density at radius 3 is 1.70 bits per heavy atom. The highest BCUT2D eigenvalue weighted by Crippen LogP contribution is 2.46. The molecule has 0 aliphatic heterocycles. The number of phenolic OH excluding ortho intramolecular Hbond substituents is 1. The fraction of sp³-hybridized carbons (Fsp3) is 0.769. The summed E-state index contributed by atoms with van der Waals surface area (Å²) in [6.07, 6.45) is 18.6. The van der Waals surface area contributed by atoms with E-state index in [0.717, 1.165) is 5.92 Å². The SMILES string of the molecule is CCCCCCC(CCCC)C(CCCC)(CCCC)c1ccc(O)cc1. The number of unbranched alkanes of at least 4 members (excludes halogenated alkanes) is 6. The smallest absolute Gasteiger partial charge is 0.115 e. The van der Waals surface area contributed by atoms with Gasteiger partial charge in [0, 0.05) is 0 Å². The Bertz CT molecular complexity index is 454. The van der Waals surface area contributed by atoms with Gasteiger partial charge in [-0.05, 0) is 54.7 Å². The van der Waals surface area contributed by atoms with Crippen LogP contribution in [-0.4, -0.2) is 5.11 Å². The molecule has 0 aliphatic carbocycles. The van der Waals surface area contributed by atoms with Crippen LogP contribution in [0.25, 0.3) is 0 Å². The van der Waals surface area contributed by atoms with Crippen molar-refractivity contribution in [2.75, 3.05) is 0 Å². The lowest BCUT2D eigenvalue weighted by molar-refractivity contribution is 0.187. The predicted molar refractivity (Wildman–Crippen MR) is 121 cm³/mol. The zero-order valence-corrected chi connectivity index (χ0v) is 18.7. The van der Waals surface area contributed by atoms with E-state index in [1.807, 2.05) is 12.1 Å². The van der Waals surface area contributed by atoms with Crippen LogP contribution < -0.4 is 0 Å². The second kappa shape index (κ2) is 14.1. The van der Waals surface area contributed by atoms with E-state index in [-0.39, 0.29) is 0 Å². The minimum Gasteiger partial charge on any atom is -0.508 e. The molecule has 1 rings (SSSR count). The summed E-state index contributed by atoms with van der Waals surface area (Å²) in [6, 6.07) is 8.28. The molecular formula is C26H46O. The number of aromatic hydroxyl groups is 1. The van der Waals surface area contributed by atoms with Crippen molar-refractivity contribution in [3.63, 3.8) is 0 Å². The molecule has 0 saturated carbocycles. The number of hydrogen-bond acceptors (Lipinski definition) is 1. The lowest BCUT2D eigenvalue weighted by Gasteiger charge is -2.43. The monoisotopic (exact) mass is 374 g/mol. The zero-order chi connectivity index (χ0) is 20.0. The fourth-order valence-corrected chi connectivity index (χ4v) is 4.80. The summed E-state index contributed by atoms with van der Waals surface area (Å²) in [6.45, 7) is 9.28. The van der Waals surface area contributed by atoms with E-state index in [1.54, 1.807) is 0 Å². The van der Waals surface area contributed by atoms with Gasteiger partial charge in [0.15, 0.2) is 0 Å². The van der Waals surface area contributed by atoms with E-state index in [9.17, 15) is 5.11 Å². The topological polar surface area (TPSA) is 20.2 Å². The van der Waals surface area contributed by atoms with E-state index in [4.69, 9.17) is 0 Å². The molecular weight excluding hydrogens is 328 g/mol. The first-order chi connectivity index (χ1) is 13.1. The molecule has 0 amide bonds. The minimum atomic E-state index is 0.293. The Balaban J connectivity index is 3.20. The molecule has 0 fully saturated rings. The van der Waals surface area contributed by atoms with Crippen LogP contribution in [0.4, 0.5) is 0 Å². The largest absolute Gasteiger partial charge is 0.508 e. The number of hydrogen-bond donors (Lipinski definition) is 1. The minimum absolute atomic E-state index is 0.293. The van der Waals surface area contributed by atoms with Crippen LogP contribution in [0.1, 0.15) is 123 Å². The maximum absolute atomic E-state index is 9.86. The van der Waals surface area contributed by atoms with E-state index in [1.165, 1.54) is 95.5 Å². The highest BCUT2D eigenvalue weighted by atomic mass is 16.3. The van der Waals surface area contributed by atoms with Crippen molar-refractivity contribution in [1.29, 1.82) is 0 Å². The average molecular weight is 375 g/mol. The third-order valence-electron chi connectivity index (χ3n) is 6.49. The molecule has 0 aliphatic rings. The number of phenols is 1. The Morgan fingerprint density at radius 1 is 0.667 bits per heavy atom. The lowest BCUT2D eigenvalue weighted by atomic mass is 9.61. The molecule has 1 atom stereocenters. The fourth-order valence-electron chi connectivity index (χ4n) is 4.80. The summed E-state index contributed by atoms with van der Waals surface area (Å²) in [5.41, 5.74) is 1.78. The molecule has 0 spiro atoms. The Morgan fingerprint density at radius 2 is 1.19 bits per heavy atom. The predicted octanol–water partition coefficient (Wildman–Crippen LogP) is 8.79. The normalized spacial score (nSPS) is 13.0. The second-order valence-electron chi connectivity index (χ2n) is 8.60. The van der Waals surface area contributed by atoms with Crippen molar-refractivity contribution in [3.05, 3.63) is 29.8 Å². The summed E-state index contributed by atoms with van der Waals surface area (Å²) in [7, 11) is 0. The van der Waals surface area contributed by atoms with Gasteiger partial charge < -0.3 is 5.11 Å². The van der Waals surface area contributed by atoms with Crippen LogP contribution in [0.3, 0.4) is 0 Å². The first-order valence-corrected chi connectivity index (χ1v) is 11.9.